The van der Waals surface area contributed by atoms with Crippen LogP contribution in [0.15, 0.2) is 53.1 Å². The van der Waals surface area contributed by atoms with Gasteiger partial charge in [-0.1, -0.05) is 47.1 Å². The zero-order valence-corrected chi connectivity index (χ0v) is 16.9. The molecule has 0 fully saturated rings. The molecule has 0 aliphatic carbocycles. The van der Waals surface area contributed by atoms with Gasteiger partial charge in [0.1, 0.15) is 17.4 Å². The van der Waals surface area contributed by atoms with Crippen molar-refractivity contribution in [3.8, 4) is 22.6 Å². The summed E-state index contributed by atoms with van der Waals surface area (Å²) in [6, 6.07) is 14.0. The SMILES string of the molecule is Cl.Cl.Cl.N=C(N)c1ccc(-c2cc(-c3ccc(C(=N)N)cc3Cl)on2)cc1. The molecular formula is C17H17Cl4N5O. The van der Waals surface area contributed by atoms with Gasteiger partial charge in [-0.15, -0.1) is 37.2 Å². The first-order valence-electron chi connectivity index (χ1n) is 7.01. The quantitative estimate of drug-likeness (QED) is 0.346. The van der Waals surface area contributed by atoms with Crippen LogP contribution in [0.1, 0.15) is 11.1 Å². The highest BCUT2D eigenvalue weighted by molar-refractivity contribution is 6.33. The van der Waals surface area contributed by atoms with Crippen LogP contribution in [0.5, 0.6) is 0 Å². The number of amidine groups is 2. The number of rotatable bonds is 4. The predicted molar refractivity (Wildman–Crippen MR) is 116 cm³/mol. The highest BCUT2D eigenvalue weighted by atomic mass is 35.5. The fraction of sp³-hybridized carbons (Fsp3) is 0. The average molecular weight is 449 g/mol. The molecule has 0 amide bonds. The van der Waals surface area contributed by atoms with Gasteiger partial charge in [-0.2, -0.15) is 0 Å². The Hall–Kier alpha value is -2.25. The molecule has 0 spiro atoms. The Labute approximate surface area is 179 Å². The van der Waals surface area contributed by atoms with E-state index in [-0.39, 0.29) is 48.9 Å². The standard InChI is InChI=1S/C17H14ClN5O.3ClH/c18-13-7-11(17(21)22)5-6-12(13)15-8-14(23-24-15)9-1-3-10(4-2-9)16(19)20;;;/h1-8H,(H3,19,20)(H3,21,22);3*1H. The third-order valence-corrected chi connectivity index (χ3v) is 3.86. The Bertz CT molecular complexity index is 941. The van der Waals surface area contributed by atoms with Crippen LogP contribution >= 0.6 is 48.8 Å². The summed E-state index contributed by atoms with van der Waals surface area (Å²) in [5.41, 5.74) is 14.2. The highest BCUT2D eigenvalue weighted by Gasteiger charge is 2.13. The normalized spacial score (nSPS) is 9.37. The van der Waals surface area contributed by atoms with Crippen molar-refractivity contribution in [2.75, 3.05) is 0 Å². The van der Waals surface area contributed by atoms with Crippen molar-refractivity contribution in [1.29, 1.82) is 10.8 Å². The van der Waals surface area contributed by atoms with Crippen LogP contribution in [-0.2, 0) is 0 Å². The molecule has 0 saturated heterocycles. The zero-order chi connectivity index (χ0) is 17.3. The second kappa shape index (κ2) is 10.2. The molecule has 0 bridgehead atoms. The summed E-state index contributed by atoms with van der Waals surface area (Å²) in [7, 11) is 0. The molecule has 6 nitrogen and oxygen atoms in total. The van der Waals surface area contributed by atoms with Gasteiger partial charge in [0.25, 0.3) is 0 Å². The first-order chi connectivity index (χ1) is 11.5. The number of benzene rings is 2. The predicted octanol–water partition coefficient (Wildman–Crippen LogP) is 4.50. The van der Waals surface area contributed by atoms with Gasteiger partial charge in [-0.3, -0.25) is 10.8 Å². The Morgan fingerprint density at radius 2 is 1.41 bits per heavy atom. The first kappa shape index (κ1) is 24.8. The molecule has 6 N–H and O–H groups in total. The summed E-state index contributed by atoms with van der Waals surface area (Å²) >= 11 is 6.24. The van der Waals surface area contributed by atoms with Crippen LogP contribution < -0.4 is 11.5 Å². The van der Waals surface area contributed by atoms with E-state index in [4.69, 9.17) is 38.4 Å². The smallest absolute Gasteiger partial charge is 0.168 e. The lowest BCUT2D eigenvalue weighted by atomic mass is 10.1. The molecule has 2 aromatic carbocycles. The van der Waals surface area contributed by atoms with Gasteiger partial charge in [-0.05, 0) is 12.1 Å². The second-order valence-corrected chi connectivity index (χ2v) is 5.58. The number of aromatic nitrogens is 1. The van der Waals surface area contributed by atoms with Crippen molar-refractivity contribution >= 4 is 60.5 Å². The van der Waals surface area contributed by atoms with Crippen LogP contribution in [-0.4, -0.2) is 16.8 Å². The van der Waals surface area contributed by atoms with Crippen LogP contribution in [0.2, 0.25) is 5.02 Å². The molecule has 144 valence electrons. The summed E-state index contributed by atoms with van der Waals surface area (Å²) in [5, 5.41) is 19.3. The number of hydrogen-bond acceptors (Lipinski definition) is 4. The number of nitrogen functional groups attached to an aromatic ring is 2. The molecule has 1 aromatic heterocycles. The maximum Gasteiger partial charge on any atom is 0.168 e. The molecule has 0 aliphatic heterocycles. The van der Waals surface area contributed by atoms with Gasteiger partial charge < -0.3 is 16.0 Å². The number of halogens is 4. The van der Waals surface area contributed by atoms with Gasteiger partial charge >= 0.3 is 0 Å². The minimum absolute atomic E-state index is 0. The maximum atomic E-state index is 7.43. The lowest BCUT2D eigenvalue weighted by molar-refractivity contribution is 0.435. The van der Waals surface area contributed by atoms with Crippen molar-refractivity contribution in [3.05, 3.63) is 64.7 Å². The molecule has 3 aromatic rings. The minimum atomic E-state index is -0.0488. The van der Waals surface area contributed by atoms with Crippen molar-refractivity contribution in [2.24, 2.45) is 11.5 Å². The molecule has 3 rings (SSSR count). The molecule has 1 heterocycles. The summed E-state index contributed by atoms with van der Waals surface area (Å²) < 4.78 is 5.38. The molecule has 0 unspecified atom stereocenters. The summed E-state index contributed by atoms with van der Waals surface area (Å²) in [4.78, 5) is 0. The van der Waals surface area contributed by atoms with E-state index in [1.165, 1.54) is 0 Å². The van der Waals surface area contributed by atoms with Crippen LogP contribution in [0.4, 0.5) is 0 Å². The second-order valence-electron chi connectivity index (χ2n) is 5.18. The van der Waals surface area contributed by atoms with E-state index < -0.39 is 0 Å². The van der Waals surface area contributed by atoms with Crippen molar-refractivity contribution in [2.45, 2.75) is 0 Å². The molecule has 10 heteroatoms. The average Bonchev–Trinajstić information content (AvgIpc) is 3.04. The number of nitrogens with two attached hydrogens (primary N) is 2. The largest absolute Gasteiger partial charge is 0.384 e. The van der Waals surface area contributed by atoms with E-state index >= 15 is 0 Å². The third kappa shape index (κ3) is 5.37. The van der Waals surface area contributed by atoms with Gasteiger partial charge in [0.15, 0.2) is 5.76 Å². The lowest BCUT2D eigenvalue weighted by Gasteiger charge is -2.03. The molecule has 27 heavy (non-hydrogen) atoms. The van der Waals surface area contributed by atoms with Crippen LogP contribution in [0, 0.1) is 10.8 Å². The monoisotopic (exact) mass is 447 g/mol. The Morgan fingerprint density at radius 3 is 1.93 bits per heavy atom. The number of nitrogens with one attached hydrogen (secondary N) is 2. The summed E-state index contributed by atoms with van der Waals surface area (Å²) in [5.74, 6) is 0.479. The van der Waals surface area contributed by atoms with Crippen molar-refractivity contribution in [3.63, 3.8) is 0 Å². The van der Waals surface area contributed by atoms with E-state index in [9.17, 15) is 0 Å². The Morgan fingerprint density at radius 1 is 0.852 bits per heavy atom. The number of hydrogen-bond donors (Lipinski definition) is 4. The van der Waals surface area contributed by atoms with Gasteiger partial charge in [0, 0.05) is 28.3 Å². The van der Waals surface area contributed by atoms with Crippen LogP contribution in [0.3, 0.4) is 0 Å². The molecule has 0 saturated carbocycles. The van der Waals surface area contributed by atoms with Gasteiger partial charge in [-0.25, -0.2) is 0 Å². The fourth-order valence-corrected chi connectivity index (χ4v) is 2.51. The van der Waals surface area contributed by atoms with E-state index in [1.807, 2.05) is 12.1 Å². The van der Waals surface area contributed by atoms with Crippen LogP contribution in [0.25, 0.3) is 22.6 Å². The van der Waals surface area contributed by atoms with E-state index in [0.717, 1.165) is 5.56 Å². The highest BCUT2D eigenvalue weighted by Crippen LogP contribution is 2.31. The lowest BCUT2D eigenvalue weighted by Crippen LogP contribution is -2.10. The van der Waals surface area contributed by atoms with Gasteiger partial charge in [0.2, 0.25) is 0 Å². The van der Waals surface area contributed by atoms with Crippen molar-refractivity contribution < 1.29 is 4.52 Å². The fourth-order valence-electron chi connectivity index (χ4n) is 2.24. The molecule has 0 aliphatic rings. The number of nitrogens with zero attached hydrogens (tertiary/aromatic N) is 1. The first-order valence-corrected chi connectivity index (χ1v) is 7.39. The minimum Gasteiger partial charge on any atom is -0.384 e. The maximum absolute atomic E-state index is 7.43. The Kier molecular flexibility index (Phi) is 9.33. The topological polar surface area (TPSA) is 126 Å². The molecular weight excluding hydrogens is 432 g/mol. The van der Waals surface area contributed by atoms with Gasteiger partial charge in [0.05, 0.1) is 5.02 Å². The third-order valence-electron chi connectivity index (χ3n) is 3.55. The molecule has 0 atom stereocenters. The summed E-state index contributed by atoms with van der Waals surface area (Å²) in [6.45, 7) is 0. The summed E-state index contributed by atoms with van der Waals surface area (Å²) in [6.07, 6.45) is 0. The Balaban J connectivity index is 0.00000225. The van der Waals surface area contributed by atoms with E-state index in [0.29, 0.717) is 33.2 Å². The van der Waals surface area contributed by atoms with Crippen molar-refractivity contribution in [1.82, 2.24) is 5.16 Å². The van der Waals surface area contributed by atoms with E-state index in [2.05, 4.69) is 5.16 Å². The van der Waals surface area contributed by atoms with E-state index in [1.54, 1.807) is 36.4 Å². The molecule has 0 radical (unpaired) electrons. The zero-order valence-electron chi connectivity index (χ0n) is 13.7.